The van der Waals surface area contributed by atoms with E-state index in [4.69, 9.17) is 23.7 Å². The van der Waals surface area contributed by atoms with Gasteiger partial charge in [-0.3, -0.25) is 0 Å². The number of rotatable bonds is 63. The van der Waals surface area contributed by atoms with Gasteiger partial charge < -0.3 is 23.7 Å². The summed E-state index contributed by atoms with van der Waals surface area (Å²) in [5.41, 5.74) is 0.308. The highest BCUT2D eigenvalue weighted by Gasteiger charge is 2.33. The predicted octanol–water partition coefficient (Wildman–Crippen LogP) is 22.2. The largest absolute Gasteiger partial charge is 0.496 e. The number of benzene rings is 1. The molecule has 0 heterocycles. The average molecular weight is 1040 g/mol. The molecule has 0 aliphatic heterocycles. The molecule has 0 saturated heterocycles. The number of nitroso groups, excluding NO2 is 1. The van der Waals surface area contributed by atoms with E-state index in [9.17, 15) is 4.91 Å². The van der Waals surface area contributed by atoms with Crippen LogP contribution in [-0.4, -0.2) is 53.4 Å². The molecule has 7 nitrogen and oxygen atoms in total. The van der Waals surface area contributed by atoms with Crippen molar-refractivity contribution >= 4 is 0 Å². The molecule has 0 N–H and O–H groups in total. The highest BCUT2D eigenvalue weighted by atomic mass is 16.5. The zero-order valence-corrected chi connectivity index (χ0v) is 50.2. The summed E-state index contributed by atoms with van der Waals surface area (Å²) in [4.78, 5) is 11.1. The van der Waals surface area contributed by atoms with Crippen LogP contribution in [-0.2, 0) is 20.8 Å². The van der Waals surface area contributed by atoms with Crippen LogP contribution in [0.5, 0.6) is 11.5 Å². The van der Waals surface area contributed by atoms with Gasteiger partial charge in [-0.05, 0) is 31.4 Å². The fraction of sp³-hybridized carbons (Fsp3) is 0.910. The first-order valence-electron chi connectivity index (χ1n) is 33.0. The van der Waals surface area contributed by atoms with Crippen LogP contribution in [0.15, 0.2) is 23.4 Å². The van der Waals surface area contributed by atoms with Gasteiger partial charge in [0.25, 0.3) is 0 Å². The molecule has 0 radical (unpaired) electrons. The van der Waals surface area contributed by atoms with Crippen LogP contribution in [0.2, 0.25) is 0 Å². The Bertz CT molecular complexity index is 1160. The zero-order chi connectivity index (χ0) is 53.2. The lowest BCUT2D eigenvalue weighted by Crippen LogP contribution is -2.43. The minimum atomic E-state index is -0.449. The summed E-state index contributed by atoms with van der Waals surface area (Å²) in [5, 5.41) is 3.10. The third-order valence-corrected chi connectivity index (χ3v) is 15.7. The molecule has 0 atom stereocenters. The van der Waals surface area contributed by atoms with Crippen molar-refractivity contribution in [1.29, 1.82) is 0 Å². The Morgan fingerprint density at radius 3 is 0.851 bits per heavy atom. The number of nitrogens with zero attached hydrogens (tertiary/aromatic N) is 1. The quantitative estimate of drug-likeness (QED) is 0.0478. The van der Waals surface area contributed by atoms with Gasteiger partial charge in [0.05, 0.1) is 32.3 Å². The van der Waals surface area contributed by atoms with Crippen LogP contribution in [0.4, 0.5) is 0 Å². The molecule has 74 heavy (non-hydrogen) atoms. The molecule has 0 fully saturated rings. The third kappa shape index (κ3) is 46.4. The summed E-state index contributed by atoms with van der Waals surface area (Å²) in [6.45, 7) is 11.2. The summed E-state index contributed by atoms with van der Waals surface area (Å²) >= 11 is 0. The van der Waals surface area contributed by atoms with E-state index in [0.717, 1.165) is 44.6 Å². The minimum absolute atomic E-state index is 0.0704. The van der Waals surface area contributed by atoms with Gasteiger partial charge in [0, 0.05) is 31.5 Å². The molecule has 0 amide bonds. The Labute approximate surface area is 461 Å². The van der Waals surface area contributed by atoms with Crippen molar-refractivity contribution in [1.82, 2.24) is 0 Å². The molecule has 7 heteroatoms. The topological polar surface area (TPSA) is 75.6 Å². The van der Waals surface area contributed by atoms with Crippen molar-refractivity contribution in [3.05, 3.63) is 28.7 Å². The van der Waals surface area contributed by atoms with E-state index in [0.29, 0.717) is 37.9 Å². The van der Waals surface area contributed by atoms with Gasteiger partial charge >= 0.3 is 0 Å². The minimum Gasteiger partial charge on any atom is -0.496 e. The van der Waals surface area contributed by atoms with Crippen LogP contribution in [0.3, 0.4) is 0 Å². The average Bonchev–Trinajstić information content (AvgIpc) is 3.41. The Morgan fingerprint density at radius 1 is 0.351 bits per heavy atom. The normalized spacial score (nSPS) is 11.8. The highest BCUT2D eigenvalue weighted by Crippen LogP contribution is 2.29. The summed E-state index contributed by atoms with van der Waals surface area (Å²) in [6.07, 6.45) is 65.5. The van der Waals surface area contributed by atoms with Crippen LogP contribution in [0, 0.1) is 10.3 Å². The van der Waals surface area contributed by atoms with Crippen LogP contribution >= 0.6 is 0 Å². The van der Waals surface area contributed by atoms with E-state index in [1.807, 2.05) is 18.2 Å². The lowest BCUT2D eigenvalue weighted by Gasteiger charge is -2.33. The van der Waals surface area contributed by atoms with Crippen molar-refractivity contribution in [2.24, 2.45) is 10.6 Å². The third-order valence-electron chi connectivity index (χ3n) is 15.7. The van der Waals surface area contributed by atoms with E-state index < -0.39 is 5.41 Å². The first kappa shape index (κ1) is 70.3. The SMILES string of the molecule is CCCCCCCCCCCCCCCCCCOCC(COCCCCCCCCCCCCCCCCCC)(COCCCCCCCCCCCCCCCCCC)COc1ccc(CN=O)c(OC)c1. The maximum atomic E-state index is 11.1. The molecule has 1 aromatic carbocycles. The first-order chi connectivity index (χ1) is 36.6. The molecule has 0 saturated carbocycles. The molecule has 0 spiro atoms. The van der Waals surface area contributed by atoms with E-state index in [2.05, 4.69) is 25.9 Å². The molecular formula is C67H127NO6. The smallest absolute Gasteiger partial charge is 0.127 e. The maximum Gasteiger partial charge on any atom is 0.127 e. The molecule has 1 aromatic rings. The lowest BCUT2D eigenvalue weighted by atomic mass is 9.92. The summed E-state index contributed by atoms with van der Waals surface area (Å²) in [7, 11) is 1.63. The van der Waals surface area contributed by atoms with Gasteiger partial charge in [0.15, 0.2) is 0 Å². The molecule has 0 unspecified atom stereocenters. The number of methoxy groups -OCH3 is 1. The molecule has 1 rings (SSSR count). The molecule has 0 aromatic heterocycles. The number of hydrogen-bond acceptors (Lipinski definition) is 7. The highest BCUT2D eigenvalue weighted by molar-refractivity contribution is 5.40. The molecule has 0 aliphatic carbocycles. The second-order valence-electron chi connectivity index (χ2n) is 23.1. The van der Waals surface area contributed by atoms with Crippen molar-refractivity contribution in [3.8, 4) is 11.5 Å². The van der Waals surface area contributed by atoms with E-state index in [1.165, 1.54) is 289 Å². The molecular weight excluding hydrogens is 915 g/mol. The van der Waals surface area contributed by atoms with Gasteiger partial charge in [0.1, 0.15) is 24.7 Å². The first-order valence-corrected chi connectivity index (χ1v) is 33.0. The lowest BCUT2D eigenvalue weighted by molar-refractivity contribution is -0.0893. The van der Waals surface area contributed by atoms with Gasteiger partial charge in [0.2, 0.25) is 0 Å². The van der Waals surface area contributed by atoms with Gasteiger partial charge in [-0.1, -0.05) is 315 Å². The Balaban J connectivity index is 2.65. The second-order valence-corrected chi connectivity index (χ2v) is 23.1. The fourth-order valence-corrected chi connectivity index (χ4v) is 10.6. The summed E-state index contributed by atoms with van der Waals surface area (Å²) < 4.78 is 31.9. The molecule has 436 valence electrons. The summed E-state index contributed by atoms with van der Waals surface area (Å²) in [5.74, 6) is 1.32. The standard InChI is InChI=1S/C67H127NO6/c1-5-8-11-14-17-20-23-26-29-32-35-38-41-44-47-50-55-71-60-67(63-74-65-54-53-64(59-68-69)66(58-65)70-4,61-72-56-51-48-45-42-39-36-33-30-27-24-21-18-15-12-9-6-2)62-73-57-52-49-46-43-40-37-34-31-28-25-22-19-16-13-10-7-3/h53-54,58H,5-52,55-57,59-63H2,1-4H3. The van der Waals surface area contributed by atoms with Crippen molar-refractivity contribution in [3.63, 3.8) is 0 Å². The van der Waals surface area contributed by atoms with Gasteiger partial charge in [-0.2, -0.15) is 4.91 Å². The van der Waals surface area contributed by atoms with E-state index in [1.54, 1.807) is 7.11 Å². The monoisotopic (exact) mass is 1040 g/mol. The van der Waals surface area contributed by atoms with E-state index in [-0.39, 0.29) is 6.54 Å². The van der Waals surface area contributed by atoms with Gasteiger partial charge in [-0.15, -0.1) is 0 Å². The van der Waals surface area contributed by atoms with E-state index >= 15 is 0 Å². The summed E-state index contributed by atoms with van der Waals surface area (Å²) in [6, 6.07) is 5.67. The number of hydrogen-bond donors (Lipinski definition) is 0. The molecule has 0 aliphatic rings. The van der Waals surface area contributed by atoms with Crippen LogP contribution in [0.1, 0.15) is 335 Å². The predicted molar refractivity (Wildman–Crippen MR) is 322 cm³/mol. The van der Waals surface area contributed by atoms with Crippen molar-refractivity contribution < 1.29 is 23.7 Å². The second kappa shape index (κ2) is 57.5. The Kier molecular flexibility index (Phi) is 54.6. The zero-order valence-electron chi connectivity index (χ0n) is 50.2. The van der Waals surface area contributed by atoms with Crippen LogP contribution in [0.25, 0.3) is 0 Å². The van der Waals surface area contributed by atoms with Crippen molar-refractivity contribution in [2.45, 2.75) is 336 Å². The molecule has 0 bridgehead atoms. The maximum absolute atomic E-state index is 11.1. The van der Waals surface area contributed by atoms with Crippen LogP contribution < -0.4 is 9.47 Å². The number of ether oxygens (including phenoxy) is 5. The number of unbranched alkanes of at least 4 members (excludes halogenated alkanes) is 45. The Hall–Kier alpha value is -1.70. The van der Waals surface area contributed by atoms with Gasteiger partial charge in [-0.25, -0.2) is 0 Å². The van der Waals surface area contributed by atoms with Crippen molar-refractivity contribution in [2.75, 3.05) is 53.4 Å². The fourth-order valence-electron chi connectivity index (χ4n) is 10.6. The Morgan fingerprint density at radius 2 is 0.608 bits per heavy atom.